The van der Waals surface area contributed by atoms with Crippen molar-refractivity contribution in [2.24, 2.45) is 5.92 Å². The van der Waals surface area contributed by atoms with Crippen molar-refractivity contribution in [2.75, 3.05) is 5.73 Å². The first-order chi connectivity index (χ1) is 9.06. The summed E-state index contributed by atoms with van der Waals surface area (Å²) in [6.07, 6.45) is 1.63. The Bertz CT molecular complexity index is 548. The second-order valence-corrected chi connectivity index (χ2v) is 6.11. The van der Waals surface area contributed by atoms with Crippen LogP contribution in [-0.4, -0.2) is 14.8 Å². The van der Waals surface area contributed by atoms with Crippen LogP contribution in [0.1, 0.15) is 25.2 Å². The number of nitrogens with zero attached hydrogens (tertiary/aromatic N) is 3. The van der Waals surface area contributed by atoms with Gasteiger partial charge in [0.15, 0.2) is 0 Å². The number of thioether (sulfide) groups is 1. The molecule has 0 aliphatic carbocycles. The number of aromatic nitrogens is 3. The number of nitrogens with two attached hydrogens (primary N) is 1. The van der Waals surface area contributed by atoms with Crippen LogP contribution in [0.25, 0.3) is 0 Å². The maximum atomic E-state index is 5.82. The second-order valence-electron chi connectivity index (χ2n) is 5.06. The number of hydrogen-bond acceptors (Lipinski definition) is 4. The Kier molecular flexibility index (Phi) is 4.47. The molecule has 0 radical (unpaired) electrons. The zero-order chi connectivity index (χ0) is 13.8. The first-order valence-corrected chi connectivity index (χ1v) is 7.40. The van der Waals surface area contributed by atoms with Crippen molar-refractivity contribution in [1.82, 2.24) is 14.8 Å². The lowest BCUT2D eigenvalue weighted by Crippen LogP contribution is -2.09. The highest BCUT2D eigenvalue weighted by atomic mass is 32.2. The summed E-state index contributed by atoms with van der Waals surface area (Å²) in [6.45, 7) is 7.31. The number of anilines is 1. The van der Waals surface area contributed by atoms with E-state index in [1.165, 1.54) is 4.90 Å². The molecule has 0 saturated carbocycles. The first kappa shape index (κ1) is 13.9. The molecule has 0 unspecified atom stereocenters. The number of rotatable bonds is 5. The highest BCUT2D eigenvalue weighted by Crippen LogP contribution is 2.25. The van der Waals surface area contributed by atoms with Gasteiger partial charge >= 0.3 is 0 Å². The van der Waals surface area contributed by atoms with Crippen molar-refractivity contribution in [3.8, 4) is 0 Å². The molecule has 0 spiro atoms. The van der Waals surface area contributed by atoms with Crippen LogP contribution in [-0.2, 0) is 12.3 Å². The Morgan fingerprint density at radius 1 is 1.37 bits per heavy atom. The topological polar surface area (TPSA) is 56.7 Å². The minimum Gasteiger partial charge on any atom is -0.399 e. The number of nitrogen functional groups attached to an aromatic ring is 1. The lowest BCUT2D eigenvalue weighted by Gasteiger charge is -2.09. The van der Waals surface area contributed by atoms with Gasteiger partial charge in [-0.15, -0.1) is 11.8 Å². The largest absolute Gasteiger partial charge is 0.399 e. The Morgan fingerprint density at radius 2 is 2.16 bits per heavy atom. The van der Waals surface area contributed by atoms with E-state index >= 15 is 0 Å². The van der Waals surface area contributed by atoms with E-state index in [1.54, 1.807) is 18.1 Å². The van der Waals surface area contributed by atoms with E-state index in [-0.39, 0.29) is 0 Å². The summed E-state index contributed by atoms with van der Waals surface area (Å²) in [7, 11) is 0. The third-order valence-corrected chi connectivity index (χ3v) is 3.83. The standard InChI is InChI=1S/C14H20N4S/c1-10(2)7-18-14(16-9-17-18)8-19-12-4-5-13(15)11(3)6-12/h4-6,9-10H,7-8,15H2,1-3H3. The van der Waals surface area contributed by atoms with E-state index in [0.717, 1.165) is 29.4 Å². The number of aryl methyl sites for hydroxylation is 1. The quantitative estimate of drug-likeness (QED) is 0.673. The molecule has 0 fully saturated rings. The summed E-state index contributed by atoms with van der Waals surface area (Å²) in [5, 5.41) is 4.27. The van der Waals surface area contributed by atoms with Crippen LogP contribution in [0.4, 0.5) is 5.69 Å². The van der Waals surface area contributed by atoms with Gasteiger partial charge in [-0.05, 0) is 36.6 Å². The van der Waals surface area contributed by atoms with Gasteiger partial charge in [-0.2, -0.15) is 5.10 Å². The lowest BCUT2D eigenvalue weighted by molar-refractivity contribution is 0.472. The fourth-order valence-electron chi connectivity index (χ4n) is 1.78. The molecule has 0 saturated heterocycles. The predicted octanol–water partition coefficient (Wildman–Crippen LogP) is 3.12. The lowest BCUT2D eigenvalue weighted by atomic mass is 10.2. The molecule has 1 heterocycles. The second kappa shape index (κ2) is 6.10. The van der Waals surface area contributed by atoms with Gasteiger partial charge in [0.25, 0.3) is 0 Å². The Labute approximate surface area is 118 Å². The molecule has 2 N–H and O–H groups in total. The van der Waals surface area contributed by atoms with Crippen molar-refractivity contribution in [3.63, 3.8) is 0 Å². The van der Waals surface area contributed by atoms with Gasteiger partial charge in [-0.3, -0.25) is 0 Å². The summed E-state index contributed by atoms with van der Waals surface area (Å²) in [5.41, 5.74) is 7.78. The van der Waals surface area contributed by atoms with Crippen LogP contribution < -0.4 is 5.73 Å². The van der Waals surface area contributed by atoms with Crippen molar-refractivity contribution in [3.05, 3.63) is 35.9 Å². The van der Waals surface area contributed by atoms with E-state index in [2.05, 4.69) is 36.1 Å². The van der Waals surface area contributed by atoms with Gasteiger partial charge < -0.3 is 5.73 Å². The number of benzene rings is 1. The van der Waals surface area contributed by atoms with Crippen LogP contribution >= 0.6 is 11.8 Å². The molecule has 1 aromatic heterocycles. The van der Waals surface area contributed by atoms with Crippen LogP contribution in [0, 0.1) is 12.8 Å². The molecule has 0 atom stereocenters. The third kappa shape index (κ3) is 3.73. The number of hydrogen-bond donors (Lipinski definition) is 1. The molecule has 0 bridgehead atoms. The van der Waals surface area contributed by atoms with Crippen molar-refractivity contribution >= 4 is 17.4 Å². The molecule has 19 heavy (non-hydrogen) atoms. The monoisotopic (exact) mass is 276 g/mol. The van der Waals surface area contributed by atoms with Crippen LogP contribution in [0.15, 0.2) is 29.4 Å². The van der Waals surface area contributed by atoms with Crippen molar-refractivity contribution in [2.45, 2.75) is 38.0 Å². The molecular weight excluding hydrogens is 256 g/mol. The predicted molar refractivity (Wildman–Crippen MR) is 80.0 cm³/mol. The van der Waals surface area contributed by atoms with E-state index < -0.39 is 0 Å². The molecule has 0 aliphatic heterocycles. The average molecular weight is 276 g/mol. The van der Waals surface area contributed by atoms with Crippen LogP contribution in [0.2, 0.25) is 0 Å². The van der Waals surface area contributed by atoms with E-state index in [1.807, 2.05) is 17.7 Å². The van der Waals surface area contributed by atoms with Gasteiger partial charge in [0.2, 0.25) is 0 Å². The van der Waals surface area contributed by atoms with Gasteiger partial charge in [-0.25, -0.2) is 9.67 Å². The molecule has 2 aromatic rings. The summed E-state index contributed by atoms with van der Waals surface area (Å²) in [4.78, 5) is 5.54. The Balaban J connectivity index is 2.02. The summed E-state index contributed by atoms with van der Waals surface area (Å²) < 4.78 is 1.99. The zero-order valence-electron chi connectivity index (χ0n) is 11.6. The molecule has 4 nitrogen and oxygen atoms in total. The van der Waals surface area contributed by atoms with Crippen molar-refractivity contribution in [1.29, 1.82) is 0 Å². The fraction of sp³-hybridized carbons (Fsp3) is 0.429. The minimum atomic E-state index is 0.573. The van der Waals surface area contributed by atoms with Crippen LogP contribution in [0.5, 0.6) is 0 Å². The summed E-state index contributed by atoms with van der Waals surface area (Å²) >= 11 is 1.76. The van der Waals surface area contributed by atoms with Gasteiger partial charge in [0.05, 0.1) is 5.75 Å². The van der Waals surface area contributed by atoms with Crippen LogP contribution in [0.3, 0.4) is 0 Å². The fourth-order valence-corrected chi connectivity index (χ4v) is 2.73. The van der Waals surface area contributed by atoms with E-state index in [4.69, 9.17) is 5.73 Å². The highest BCUT2D eigenvalue weighted by Gasteiger charge is 2.07. The summed E-state index contributed by atoms with van der Waals surface area (Å²) in [6, 6.07) is 6.12. The minimum absolute atomic E-state index is 0.573. The van der Waals surface area contributed by atoms with Gasteiger partial charge in [0, 0.05) is 17.1 Å². The van der Waals surface area contributed by atoms with Gasteiger partial charge in [-0.1, -0.05) is 13.8 Å². The Hall–Kier alpha value is -1.49. The molecular formula is C14H20N4S. The molecule has 5 heteroatoms. The molecule has 0 aliphatic rings. The molecule has 2 rings (SSSR count). The zero-order valence-corrected chi connectivity index (χ0v) is 12.4. The van der Waals surface area contributed by atoms with E-state index in [9.17, 15) is 0 Å². The van der Waals surface area contributed by atoms with Crippen molar-refractivity contribution < 1.29 is 0 Å². The molecule has 1 aromatic carbocycles. The normalized spacial score (nSPS) is 11.2. The van der Waals surface area contributed by atoms with E-state index in [0.29, 0.717) is 5.92 Å². The third-order valence-electron chi connectivity index (χ3n) is 2.84. The smallest absolute Gasteiger partial charge is 0.138 e. The maximum absolute atomic E-state index is 5.82. The SMILES string of the molecule is Cc1cc(SCc2ncnn2CC(C)C)ccc1N. The summed E-state index contributed by atoms with van der Waals surface area (Å²) in [5.74, 6) is 2.42. The maximum Gasteiger partial charge on any atom is 0.138 e. The molecule has 0 amide bonds. The average Bonchev–Trinajstić information content (AvgIpc) is 2.77. The molecule has 102 valence electrons. The first-order valence-electron chi connectivity index (χ1n) is 6.42. The van der Waals surface area contributed by atoms with Gasteiger partial charge in [0.1, 0.15) is 12.2 Å². The Morgan fingerprint density at radius 3 is 2.84 bits per heavy atom. The highest BCUT2D eigenvalue weighted by molar-refractivity contribution is 7.98.